The quantitative estimate of drug-likeness (QED) is 0.0480. The topological polar surface area (TPSA) is 118 Å². The van der Waals surface area contributed by atoms with Gasteiger partial charge in [-0.1, -0.05) is 278 Å². The van der Waals surface area contributed by atoms with Gasteiger partial charge in [0.2, 0.25) is 0 Å². The van der Waals surface area contributed by atoms with Gasteiger partial charge in [-0.15, -0.1) is 0 Å². The van der Waals surface area contributed by atoms with Crippen LogP contribution in [0, 0.1) is 0 Å². The van der Waals surface area contributed by atoms with E-state index in [1.54, 1.807) is 0 Å². The second-order valence-corrected chi connectivity index (χ2v) is 17.5. The monoisotopic (exact) mass is 961 g/mol. The standard InChI is InChI=1S/2C18H36O2.C16H32O2.Ba/c2*1-2-3-4-5-6-7-8-9-10-11-12-13-14-15-16-17-18(19)20;1-2-3-4-5-6-7-8-9-10-11-12-13-14-15-16(17)18;/h2*2-17H2,1H3,(H,19,20);2-15H2,1H3,(H,17,18);/q;;;+2/p-2. The Morgan fingerprint density at radius 1 is 0.271 bits per heavy atom. The maximum atomic E-state index is 10.3. The van der Waals surface area contributed by atoms with Crippen LogP contribution in [0.3, 0.4) is 0 Å². The smallest absolute Gasteiger partial charge is 0.550 e. The van der Waals surface area contributed by atoms with Crippen LogP contribution in [0.2, 0.25) is 0 Å². The Bertz CT molecular complexity index is 747. The van der Waals surface area contributed by atoms with Gasteiger partial charge in [0.05, 0.1) is 0 Å². The second kappa shape index (κ2) is 62.3. The molecule has 0 radical (unpaired) electrons. The van der Waals surface area contributed by atoms with Crippen LogP contribution >= 0.6 is 0 Å². The van der Waals surface area contributed by atoms with Gasteiger partial charge >= 0.3 is 54.9 Å². The summed E-state index contributed by atoms with van der Waals surface area (Å²) in [6.45, 7) is 6.79. The Hall–Kier alpha value is -0.0186. The summed E-state index contributed by atoms with van der Waals surface area (Å²) >= 11 is 0. The number of rotatable bonds is 46. The van der Waals surface area contributed by atoms with Crippen LogP contribution in [-0.4, -0.2) is 71.9 Å². The molecule has 0 saturated heterocycles. The molecule has 0 aromatic heterocycles. The van der Waals surface area contributed by atoms with Crippen LogP contribution in [-0.2, 0) is 14.4 Å². The first-order chi connectivity index (χ1) is 28.3. The average Bonchev–Trinajstić information content (AvgIpc) is 3.20. The molecule has 0 rings (SSSR count). The molecule has 0 atom stereocenters. The van der Waals surface area contributed by atoms with E-state index in [0.29, 0.717) is 6.42 Å². The maximum absolute atomic E-state index is 10.3. The Kier molecular flexibility index (Phi) is 69.2. The molecule has 7 heteroatoms. The van der Waals surface area contributed by atoms with Gasteiger partial charge < -0.3 is 24.9 Å². The van der Waals surface area contributed by atoms with Crippen molar-refractivity contribution in [3.63, 3.8) is 0 Å². The van der Waals surface area contributed by atoms with Crippen molar-refractivity contribution in [3.05, 3.63) is 0 Å². The third-order valence-electron chi connectivity index (χ3n) is 11.5. The van der Waals surface area contributed by atoms with Crippen LogP contribution in [0.4, 0.5) is 0 Å². The first-order valence-corrected chi connectivity index (χ1v) is 25.9. The van der Waals surface area contributed by atoms with Crippen molar-refractivity contribution in [3.8, 4) is 0 Å². The average molecular weight is 961 g/mol. The van der Waals surface area contributed by atoms with E-state index in [4.69, 9.17) is 5.11 Å². The van der Waals surface area contributed by atoms with Crippen molar-refractivity contribution < 1.29 is 29.7 Å². The SMILES string of the molecule is CCCCCCCCCCCCCCCC(=O)O.CCCCCCCCCCCCCCCCCC(=O)[O-].CCCCCCCCCCCCCCCCCC(=O)[O-].[Ba+2]. The number of carboxylic acid groups (broad SMARTS) is 3. The van der Waals surface area contributed by atoms with Gasteiger partial charge in [0.15, 0.2) is 0 Å². The summed E-state index contributed by atoms with van der Waals surface area (Å²) in [6, 6.07) is 0. The van der Waals surface area contributed by atoms with Crippen molar-refractivity contribution in [2.45, 2.75) is 316 Å². The number of hydrogen-bond acceptors (Lipinski definition) is 5. The fraction of sp³-hybridized carbons (Fsp3) is 0.942. The summed E-state index contributed by atoms with van der Waals surface area (Å²) in [4.78, 5) is 30.7. The Morgan fingerprint density at radius 2 is 0.407 bits per heavy atom. The molecule has 0 aromatic carbocycles. The van der Waals surface area contributed by atoms with Crippen LogP contribution < -0.4 is 10.2 Å². The van der Waals surface area contributed by atoms with E-state index in [1.165, 1.54) is 238 Å². The van der Waals surface area contributed by atoms with E-state index in [0.717, 1.165) is 38.5 Å². The number of carbonyl (C=O) groups excluding carboxylic acids is 2. The van der Waals surface area contributed by atoms with E-state index >= 15 is 0 Å². The summed E-state index contributed by atoms with van der Waals surface area (Å²) in [6.07, 6.45) is 57.0. The number of hydrogen-bond donors (Lipinski definition) is 1. The van der Waals surface area contributed by atoms with Crippen molar-refractivity contribution in [2.75, 3.05) is 0 Å². The largest absolute Gasteiger partial charge is 2.00 e. The van der Waals surface area contributed by atoms with Gasteiger partial charge in [0.1, 0.15) is 0 Å². The van der Waals surface area contributed by atoms with Gasteiger partial charge in [-0.05, 0) is 32.1 Å². The first-order valence-electron chi connectivity index (χ1n) is 25.9. The maximum Gasteiger partial charge on any atom is 2.00 e. The summed E-state index contributed by atoms with van der Waals surface area (Å²) in [7, 11) is 0. The number of carbonyl (C=O) groups is 3. The summed E-state index contributed by atoms with van der Waals surface area (Å²) in [5.74, 6) is -2.46. The van der Waals surface area contributed by atoms with Crippen molar-refractivity contribution in [1.29, 1.82) is 0 Å². The van der Waals surface area contributed by atoms with Gasteiger partial charge in [0, 0.05) is 18.4 Å². The molecule has 0 aliphatic rings. The van der Waals surface area contributed by atoms with Crippen molar-refractivity contribution >= 4 is 66.8 Å². The van der Waals surface area contributed by atoms with Gasteiger partial charge in [-0.2, -0.15) is 0 Å². The molecule has 0 aliphatic heterocycles. The molecule has 0 bridgehead atoms. The molecule has 0 aliphatic carbocycles. The minimum Gasteiger partial charge on any atom is -0.550 e. The van der Waals surface area contributed by atoms with Crippen LogP contribution in [0.25, 0.3) is 0 Å². The molecule has 0 amide bonds. The summed E-state index contributed by atoms with van der Waals surface area (Å²) in [5, 5.41) is 28.9. The molecule has 0 spiro atoms. The van der Waals surface area contributed by atoms with E-state index < -0.39 is 17.9 Å². The second-order valence-electron chi connectivity index (χ2n) is 17.5. The number of carboxylic acids is 3. The minimum atomic E-state index is -0.903. The van der Waals surface area contributed by atoms with Gasteiger partial charge in [0.25, 0.3) is 0 Å². The van der Waals surface area contributed by atoms with Crippen LogP contribution in [0.15, 0.2) is 0 Å². The predicted octanol–water partition coefficient (Wildman–Crippen LogP) is 15.2. The molecule has 0 saturated carbocycles. The van der Waals surface area contributed by atoms with Gasteiger partial charge in [-0.25, -0.2) is 0 Å². The molecular formula is C52H102BaO6. The van der Waals surface area contributed by atoms with Crippen LogP contribution in [0.1, 0.15) is 316 Å². The van der Waals surface area contributed by atoms with E-state index in [2.05, 4.69) is 20.8 Å². The Labute approximate surface area is 409 Å². The zero-order valence-corrected chi connectivity index (χ0v) is 44.7. The fourth-order valence-corrected chi connectivity index (χ4v) is 7.58. The fourth-order valence-electron chi connectivity index (χ4n) is 7.58. The minimum absolute atomic E-state index is 0. The summed E-state index contributed by atoms with van der Waals surface area (Å²) < 4.78 is 0. The van der Waals surface area contributed by atoms with Crippen LogP contribution in [0.5, 0.6) is 0 Å². The molecular weight excluding hydrogens is 858 g/mol. The molecule has 6 nitrogen and oxygen atoms in total. The molecule has 348 valence electrons. The first kappa shape index (κ1) is 65.6. The van der Waals surface area contributed by atoms with Gasteiger partial charge in [-0.3, -0.25) is 4.79 Å². The molecule has 0 fully saturated rings. The molecule has 59 heavy (non-hydrogen) atoms. The van der Waals surface area contributed by atoms with Crippen molar-refractivity contribution in [2.24, 2.45) is 0 Å². The molecule has 0 unspecified atom stereocenters. The summed E-state index contributed by atoms with van der Waals surface area (Å²) in [5.41, 5.74) is 0. The molecule has 0 aromatic rings. The Morgan fingerprint density at radius 3 is 0.542 bits per heavy atom. The molecule has 1 N–H and O–H groups in total. The van der Waals surface area contributed by atoms with E-state index in [-0.39, 0.29) is 61.7 Å². The number of aliphatic carboxylic acids is 3. The normalized spacial score (nSPS) is 10.6. The molecule has 0 heterocycles. The zero-order chi connectivity index (χ0) is 43.3. The van der Waals surface area contributed by atoms with E-state index in [1.807, 2.05) is 0 Å². The third kappa shape index (κ3) is 75.7. The number of unbranched alkanes of at least 4 members (excludes halogenated alkanes) is 40. The third-order valence-corrected chi connectivity index (χ3v) is 11.5. The van der Waals surface area contributed by atoms with E-state index in [9.17, 15) is 24.6 Å². The Balaban J connectivity index is -0.000000382. The predicted molar refractivity (Wildman–Crippen MR) is 253 cm³/mol. The van der Waals surface area contributed by atoms with Crippen molar-refractivity contribution in [1.82, 2.24) is 0 Å². The zero-order valence-electron chi connectivity index (χ0n) is 40.2.